The molecule has 2 N–H and O–H groups in total. The Balaban J connectivity index is 2.18. The van der Waals surface area contributed by atoms with Gasteiger partial charge in [0.25, 0.3) is 0 Å². The molecule has 2 rings (SSSR count). The van der Waals surface area contributed by atoms with Crippen LogP contribution in [0.15, 0.2) is 0 Å². The predicted molar refractivity (Wildman–Crippen MR) is 78.1 cm³/mol. The average Bonchev–Trinajstić information content (AvgIpc) is 2.36. The standard InChI is InChI=1S/C15H23N3O2/c1-9-10(2)17-18-13(12(9)14(19)20)16-11-5-7-15(3,4)8-6-11/h11H,5-8H2,1-4H3,(H,16,18)(H,19,20). The lowest BCUT2D eigenvalue weighted by Crippen LogP contribution is -2.31. The summed E-state index contributed by atoms with van der Waals surface area (Å²) in [6, 6.07) is 0.289. The molecule has 0 atom stereocenters. The van der Waals surface area contributed by atoms with Gasteiger partial charge in [0.1, 0.15) is 5.56 Å². The van der Waals surface area contributed by atoms with Crippen molar-refractivity contribution in [1.29, 1.82) is 0 Å². The van der Waals surface area contributed by atoms with E-state index in [1.165, 1.54) is 0 Å². The maximum absolute atomic E-state index is 11.4. The Morgan fingerprint density at radius 2 is 1.85 bits per heavy atom. The van der Waals surface area contributed by atoms with E-state index in [1.807, 2.05) is 0 Å². The number of nitrogens with one attached hydrogen (secondary N) is 1. The molecule has 5 heteroatoms. The van der Waals surface area contributed by atoms with Crippen LogP contribution in [0.3, 0.4) is 0 Å². The average molecular weight is 277 g/mol. The topological polar surface area (TPSA) is 75.1 Å². The molecular weight excluding hydrogens is 254 g/mol. The lowest BCUT2D eigenvalue weighted by atomic mass is 9.75. The van der Waals surface area contributed by atoms with Gasteiger partial charge in [0, 0.05) is 6.04 Å². The quantitative estimate of drug-likeness (QED) is 0.887. The number of anilines is 1. The number of aryl methyl sites for hydroxylation is 1. The number of hydrogen-bond donors (Lipinski definition) is 2. The van der Waals surface area contributed by atoms with Crippen LogP contribution in [0, 0.1) is 19.3 Å². The number of carbonyl (C=O) groups is 1. The SMILES string of the molecule is Cc1nnc(NC2CCC(C)(C)CC2)c(C(=O)O)c1C. The summed E-state index contributed by atoms with van der Waals surface area (Å²) in [4.78, 5) is 11.4. The summed E-state index contributed by atoms with van der Waals surface area (Å²) in [6.07, 6.45) is 4.37. The van der Waals surface area contributed by atoms with Crippen molar-refractivity contribution in [2.24, 2.45) is 5.41 Å². The molecule has 20 heavy (non-hydrogen) atoms. The van der Waals surface area contributed by atoms with E-state index in [1.54, 1.807) is 13.8 Å². The maximum Gasteiger partial charge on any atom is 0.339 e. The second-order valence-corrected chi connectivity index (χ2v) is 6.52. The third-order valence-corrected chi connectivity index (χ3v) is 4.35. The second-order valence-electron chi connectivity index (χ2n) is 6.52. The fraction of sp³-hybridized carbons (Fsp3) is 0.667. The highest BCUT2D eigenvalue weighted by Crippen LogP contribution is 2.36. The Kier molecular flexibility index (Phi) is 3.97. The molecule has 0 radical (unpaired) electrons. The summed E-state index contributed by atoms with van der Waals surface area (Å²) in [5.74, 6) is -0.538. The van der Waals surface area contributed by atoms with Gasteiger partial charge in [-0.25, -0.2) is 4.79 Å². The summed E-state index contributed by atoms with van der Waals surface area (Å²) in [6.45, 7) is 8.12. The van der Waals surface area contributed by atoms with Crippen molar-refractivity contribution >= 4 is 11.8 Å². The van der Waals surface area contributed by atoms with Gasteiger partial charge in [-0.3, -0.25) is 0 Å². The fourth-order valence-corrected chi connectivity index (χ4v) is 2.71. The van der Waals surface area contributed by atoms with Crippen molar-refractivity contribution in [3.8, 4) is 0 Å². The van der Waals surface area contributed by atoms with Crippen LogP contribution in [0.1, 0.15) is 61.1 Å². The van der Waals surface area contributed by atoms with Gasteiger partial charge in [-0.15, -0.1) is 5.10 Å². The number of hydrogen-bond acceptors (Lipinski definition) is 4. The number of nitrogens with zero attached hydrogens (tertiary/aromatic N) is 2. The van der Waals surface area contributed by atoms with E-state index in [0.29, 0.717) is 22.5 Å². The molecule has 0 unspecified atom stereocenters. The van der Waals surface area contributed by atoms with Gasteiger partial charge in [0.15, 0.2) is 5.82 Å². The third kappa shape index (κ3) is 3.08. The molecule has 5 nitrogen and oxygen atoms in total. The molecule has 1 fully saturated rings. The zero-order valence-corrected chi connectivity index (χ0v) is 12.7. The highest BCUT2D eigenvalue weighted by Gasteiger charge is 2.28. The normalized spacial score (nSPS) is 18.8. The lowest BCUT2D eigenvalue weighted by Gasteiger charge is -2.35. The summed E-state index contributed by atoms with van der Waals surface area (Å²) in [5, 5.41) is 20.7. The van der Waals surface area contributed by atoms with Crippen LogP contribution in [-0.2, 0) is 0 Å². The van der Waals surface area contributed by atoms with Crippen LogP contribution in [0.25, 0.3) is 0 Å². The van der Waals surface area contributed by atoms with Gasteiger partial charge in [-0.2, -0.15) is 5.10 Å². The number of carboxylic acids is 1. The molecular formula is C15H23N3O2. The van der Waals surface area contributed by atoms with Crippen LogP contribution in [0.5, 0.6) is 0 Å². The third-order valence-electron chi connectivity index (χ3n) is 4.35. The summed E-state index contributed by atoms with van der Waals surface area (Å²) < 4.78 is 0. The molecule has 0 saturated heterocycles. The Bertz CT molecular complexity index is 516. The Labute approximate surface area is 119 Å². The zero-order valence-electron chi connectivity index (χ0n) is 12.7. The van der Waals surface area contributed by atoms with E-state index in [2.05, 4.69) is 29.4 Å². The van der Waals surface area contributed by atoms with Crippen molar-refractivity contribution in [3.05, 3.63) is 16.8 Å². The molecule has 0 aliphatic heterocycles. The first kappa shape index (κ1) is 14.8. The van der Waals surface area contributed by atoms with Crippen molar-refractivity contribution in [2.45, 2.75) is 59.4 Å². The van der Waals surface area contributed by atoms with Crippen LogP contribution in [0.2, 0.25) is 0 Å². The van der Waals surface area contributed by atoms with E-state index in [4.69, 9.17) is 0 Å². The smallest absolute Gasteiger partial charge is 0.339 e. The molecule has 1 aromatic heterocycles. The van der Waals surface area contributed by atoms with Gasteiger partial charge in [0.2, 0.25) is 0 Å². The minimum absolute atomic E-state index is 0.252. The van der Waals surface area contributed by atoms with Crippen LogP contribution >= 0.6 is 0 Å². The Morgan fingerprint density at radius 1 is 1.25 bits per heavy atom. The van der Waals surface area contributed by atoms with Gasteiger partial charge in [0.05, 0.1) is 5.69 Å². The minimum Gasteiger partial charge on any atom is -0.478 e. The molecule has 0 bridgehead atoms. The van der Waals surface area contributed by atoms with Gasteiger partial charge in [-0.1, -0.05) is 13.8 Å². The van der Waals surface area contributed by atoms with E-state index in [-0.39, 0.29) is 11.6 Å². The minimum atomic E-state index is -0.945. The predicted octanol–water partition coefficient (Wildman–Crippen LogP) is 3.17. The van der Waals surface area contributed by atoms with Crippen LogP contribution in [0.4, 0.5) is 5.82 Å². The van der Waals surface area contributed by atoms with Crippen molar-refractivity contribution in [1.82, 2.24) is 10.2 Å². The number of carboxylic acid groups (broad SMARTS) is 1. The fourth-order valence-electron chi connectivity index (χ4n) is 2.71. The number of aromatic nitrogens is 2. The molecule has 1 saturated carbocycles. The van der Waals surface area contributed by atoms with E-state index < -0.39 is 5.97 Å². The zero-order chi connectivity index (χ0) is 14.9. The molecule has 1 aromatic rings. The maximum atomic E-state index is 11.4. The largest absolute Gasteiger partial charge is 0.478 e. The van der Waals surface area contributed by atoms with Crippen molar-refractivity contribution in [2.75, 3.05) is 5.32 Å². The first-order chi connectivity index (χ1) is 9.30. The molecule has 0 amide bonds. The second kappa shape index (κ2) is 5.38. The van der Waals surface area contributed by atoms with Gasteiger partial charge in [-0.05, 0) is 50.5 Å². The summed E-state index contributed by atoms with van der Waals surface area (Å²) in [5.41, 5.74) is 1.99. The molecule has 1 aliphatic carbocycles. The van der Waals surface area contributed by atoms with E-state index >= 15 is 0 Å². The number of rotatable bonds is 3. The molecule has 1 aliphatic rings. The molecule has 1 heterocycles. The Hall–Kier alpha value is -1.65. The Morgan fingerprint density at radius 3 is 2.40 bits per heavy atom. The van der Waals surface area contributed by atoms with Crippen LogP contribution in [-0.4, -0.2) is 27.3 Å². The van der Waals surface area contributed by atoms with E-state index in [9.17, 15) is 9.90 Å². The van der Waals surface area contributed by atoms with Crippen molar-refractivity contribution < 1.29 is 9.90 Å². The summed E-state index contributed by atoms with van der Waals surface area (Å²) >= 11 is 0. The highest BCUT2D eigenvalue weighted by molar-refractivity contribution is 5.94. The molecule has 0 aromatic carbocycles. The molecule has 0 spiro atoms. The van der Waals surface area contributed by atoms with Gasteiger partial charge < -0.3 is 10.4 Å². The summed E-state index contributed by atoms with van der Waals surface area (Å²) in [7, 11) is 0. The van der Waals surface area contributed by atoms with Crippen molar-refractivity contribution in [3.63, 3.8) is 0 Å². The first-order valence-corrected chi connectivity index (χ1v) is 7.14. The number of aromatic carboxylic acids is 1. The highest BCUT2D eigenvalue weighted by atomic mass is 16.4. The first-order valence-electron chi connectivity index (χ1n) is 7.14. The lowest BCUT2D eigenvalue weighted by molar-refractivity contribution is 0.0696. The van der Waals surface area contributed by atoms with E-state index in [0.717, 1.165) is 25.7 Å². The van der Waals surface area contributed by atoms with Gasteiger partial charge >= 0.3 is 5.97 Å². The van der Waals surface area contributed by atoms with Crippen LogP contribution < -0.4 is 5.32 Å². The monoisotopic (exact) mass is 277 g/mol. The molecule has 110 valence electrons.